The monoisotopic (exact) mass is 248 g/mol. The molecule has 0 bridgehead atoms. The lowest BCUT2D eigenvalue weighted by Crippen LogP contribution is -2.49. The zero-order chi connectivity index (χ0) is 13.1. The van der Waals surface area contributed by atoms with E-state index >= 15 is 0 Å². The Hall–Kier alpha value is -1.12. The van der Waals surface area contributed by atoms with Gasteiger partial charge in [0.2, 0.25) is 0 Å². The van der Waals surface area contributed by atoms with Crippen molar-refractivity contribution in [1.29, 1.82) is 0 Å². The van der Waals surface area contributed by atoms with Crippen LogP contribution < -0.4 is 0 Å². The Morgan fingerprint density at radius 1 is 1.33 bits per heavy atom. The van der Waals surface area contributed by atoms with E-state index in [-0.39, 0.29) is 17.5 Å². The zero-order valence-corrected chi connectivity index (χ0v) is 11.3. The van der Waals surface area contributed by atoms with E-state index in [2.05, 4.69) is 13.8 Å². The fraction of sp³-hybridized carbons (Fsp3) is 0.733. The minimum Gasteiger partial charge on any atom is -0.454 e. The number of hydrogen-bond acceptors (Lipinski definition) is 3. The predicted octanol–water partition coefficient (Wildman–Crippen LogP) is 2.64. The summed E-state index contributed by atoms with van der Waals surface area (Å²) in [7, 11) is 0. The molecule has 0 unspecified atom stereocenters. The number of carbonyl (C=O) groups excluding carboxylic acids is 2. The van der Waals surface area contributed by atoms with Gasteiger partial charge in [0.25, 0.3) is 0 Å². The molecule has 4 atom stereocenters. The van der Waals surface area contributed by atoms with Gasteiger partial charge in [0, 0.05) is 23.8 Å². The second kappa shape index (κ2) is 3.69. The summed E-state index contributed by atoms with van der Waals surface area (Å²) in [6.45, 7) is 6.17. The topological polar surface area (TPSA) is 43.4 Å². The summed E-state index contributed by atoms with van der Waals surface area (Å²) in [6.07, 6.45) is 3.11. The largest absolute Gasteiger partial charge is 0.454 e. The molecule has 3 heteroatoms. The van der Waals surface area contributed by atoms with Crippen molar-refractivity contribution in [3.05, 3.63) is 11.1 Å². The molecule has 0 N–H and O–H groups in total. The number of carbonyl (C=O) groups is 2. The Kier molecular flexibility index (Phi) is 2.45. The van der Waals surface area contributed by atoms with Crippen LogP contribution in [0.4, 0.5) is 0 Å². The minimum absolute atomic E-state index is 0.131. The van der Waals surface area contributed by atoms with Crippen LogP contribution in [-0.2, 0) is 14.3 Å². The van der Waals surface area contributed by atoms with E-state index in [1.54, 1.807) is 0 Å². The van der Waals surface area contributed by atoms with Crippen molar-refractivity contribution in [2.45, 2.75) is 52.6 Å². The molecule has 0 aromatic rings. The summed E-state index contributed by atoms with van der Waals surface area (Å²) in [4.78, 5) is 23.9. The highest BCUT2D eigenvalue weighted by molar-refractivity contribution is 5.92. The number of hydrogen-bond donors (Lipinski definition) is 0. The standard InChI is InChI=1S/C15H20O3/c1-8-4-5-13(16)15(3)7-12-10(6-11(8)15)9(2)14(17)18-12/h8,11-12H,4-7H2,1-3H3/t8-,11+,12+,15-/m1/s1. The molecule has 0 spiro atoms. The van der Waals surface area contributed by atoms with E-state index in [1.807, 2.05) is 6.92 Å². The van der Waals surface area contributed by atoms with Gasteiger partial charge in [0.05, 0.1) is 0 Å². The lowest BCUT2D eigenvalue weighted by Gasteiger charge is -2.48. The molecule has 98 valence electrons. The van der Waals surface area contributed by atoms with E-state index in [0.29, 0.717) is 30.5 Å². The molecule has 0 radical (unpaired) electrons. The van der Waals surface area contributed by atoms with Crippen molar-refractivity contribution in [1.82, 2.24) is 0 Å². The summed E-state index contributed by atoms with van der Waals surface area (Å²) in [5.41, 5.74) is 1.66. The fourth-order valence-corrected chi connectivity index (χ4v) is 4.10. The highest BCUT2D eigenvalue weighted by atomic mass is 16.5. The number of ketones is 1. The van der Waals surface area contributed by atoms with Crippen LogP contribution in [0.15, 0.2) is 11.1 Å². The van der Waals surface area contributed by atoms with Gasteiger partial charge in [-0.2, -0.15) is 0 Å². The second-order valence-corrected chi connectivity index (χ2v) is 6.42. The molecule has 3 aliphatic rings. The second-order valence-electron chi connectivity index (χ2n) is 6.42. The first-order valence-corrected chi connectivity index (χ1v) is 6.87. The maximum Gasteiger partial charge on any atom is 0.334 e. The molecule has 2 aliphatic carbocycles. The maximum atomic E-state index is 12.3. The number of esters is 1. The molecule has 1 aliphatic heterocycles. The van der Waals surface area contributed by atoms with Crippen molar-refractivity contribution in [2.24, 2.45) is 17.3 Å². The molecule has 0 aromatic carbocycles. The van der Waals surface area contributed by atoms with Crippen LogP contribution in [0, 0.1) is 17.3 Å². The van der Waals surface area contributed by atoms with Crippen LogP contribution in [-0.4, -0.2) is 17.9 Å². The predicted molar refractivity (Wildman–Crippen MR) is 66.8 cm³/mol. The van der Waals surface area contributed by atoms with Gasteiger partial charge in [-0.05, 0) is 37.2 Å². The van der Waals surface area contributed by atoms with Crippen molar-refractivity contribution < 1.29 is 14.3 Å². The van der Waals surface area contributed by atoms with Gasteiger partial charge in [-0.25, -0.2) is 4.79 Å². The Balaban J connectivity index is 1.99. The number of ether oxygens (including phenoxy) is 1. The Morgan fingerprint density at radius 2 is 2.06 bits per heavy atom. The van der Waals surface area contributed by atoms with Crippen LogP contribution in [0.3, 0.4) is 0 Å². The van der Waals surface area contributed by atoms with Gasteiger partial charge in [0.1, 0.15) is 11.9 Å². The van der Waals surface area contributed by atoms with E-state index in [0.717, 1.165) is 24.0 Å². The molecule has 3 nitrogen and oxygen atoms in total. The molecule has 0 amide bonds. The highest BCUT2D eigenvalue weighted by Crippen LogP contribution is 2.54. The maximum absolute atomic E-state index is 12.3. The third-order valence-corrected chi connectivity index (χ3v) is 5.44. The first-order valence-electron chi connectivity index (χ1n) is 6.87. The molecule has 2 fully saturated rings. The lowest BCUT2D eigenvalue weighted by atomic mass is 9.55. The third kappa shape index (κ3) is 1.42. The molecule has 0 aromatic heterocycles. The van der Waals surface area contributed by atoms with Crippen LogP contribution in [0.2, 0.25) is 0 Å². The molecular formula is C15H20O3. The zero-order valence-electron chi connectivity index (χ0n) is 11.3. The van der Waals surface area contributed by atoms with E-state index in [4.69, 9.17) is 4.74 Å². The summed E-state index contributed by atoms with van der Waals surface area (Å²) in [5.74, 6) is 1.13. The van der Waals surface area contributed by atoms with Gasteiger partial charge in [-0.3, -0.25) is 4.79 Å². The van der Waals surface area contributed by atoms with E-state index in [1.165, 1.54) is 0 Å². The fourth-order valence-electron chi connectivity index (χ4n) is 4.10. The van der Waals surface area contributed by atoms with Crippen LogP contribution in [0.5, 0.6) is 0 Å². The van der Waals surface area contributed by atoms with Crippen LogP contribution in [0.1, 0.15) is 46.5 Å². The van der Waals surface area contributed by atoms with E-state index in [9.17, 15) is 9.59 Å². The third-order valence-electron chi connectivity index (χ3n) is 5.44. The summed E-state index contributed by atoms with van der Waals surface area (Å²) < 4.78 is 5.41. The van der Waals surface area contributed by atoms with Crippen molar-refractivity contribution in [3.8, 4) is 0 Å². The number of rotatable bonds is 0. The van der Waals surface area contributed by atoms with Gasteiger partial charge in [0.15, 0.2) is 0 Å². The van der Waals surface area contributed by atoms with Crippen molar-refractivity contribution in [2.75, 3.05) is 0 Å². The first-order chi connectivity index (χ1) is 8.43. The molecule has 3 rings (SSSR count). The number of Topliss-reactive ketones (excluding diaryl/α,β-unsaturated/α-hetero) is 1. The Bertz CT molecular complexity index is 462. The average molecular weight is 248 g/mol. The molecule has 2 saturated carbocycles. The lowest BCUT2D eigenvalue weighted by molar-refractivity contribution is -0.149. The van der Waals surface area contributed by atoms with Gasteiger partial charge < -0.3 is 4.74 Å². The number of fused-ring (bicyclic) bond motifs is 2. The van der Waals surface area contributed by atoms with Crippen LogP contribution in [0.25, 0.3) is 0 Å². The van der Waals surface area contributed by atoms with Gasteiger partial charge >= 0.3 is 5.97 Å². The average Bonchev–Trinajstić information content (AvgIpc) is 2.58. The summed E-state index contributed by atoms with van der Waals surface area (Å²) >= 11 is 0. The van der Waals surface area contributed by atoms with E-state index < -0.39 is 0 Å². The summed E-state index contributed by atoms with van der Waals surface area (Å²) in [5, 5.41) is 0. The minimum atomic E-state index is -0.281. The molecule has 18 heavy (non-hydrogen) atoms. The van der Waals surface area contributed by atoms with Crippen molar-refractivity contribution in [3.63, 3.8) is 0 Å². The van der Waals surface area contributed by atoms with Gasteiger partial charge in [-0.15, -0.1) is 0 Å². The quantitative estimate of drug-likeness (QED) is 0.619. The smallest absolute Gasteiger partial charge is 0.334 e. The normalized spacial score (nSPS) is 43.6. The Morgan fingerprint density at radius 3 is 2.78 bits per heavy atom. The molecule has 1 heterocycles. The Labute approximate surface area is 108 Å². The van der Waals surface area contributed by atoms with Crippen LogP contribution >= 0.6 is 0 Å². The SMILES string of the molecule is CC1=C2C[C@H]3[C@H](C)CCC(=O)[C@]3(C)C[C@@H]2OC1=O. The van der Waals surface area contributed by atoms with Gasteiger partial charge in [-0.1, -0.05) is 13.8 Å². The summed E-state index contributed by atoms with van der Waals surface area (Å²) in [6, 6.07) is 0. The molecular weight excluding hydrogens is 228 g/mol. The first kappa shape index (κ1) is 11.9. The van der Waals surface area contributed by atoms with Crippen molar-refractivity contribution >= 4 is 11.8 Å². The molecule has 0 saturated heterocycles. The highest BCUT2D eigenvalue weighted by Gasteiger charge is 2.54.